The van der Waals surface area contributed by atoms with Crippen LogP contribution in [0.2, 0.25) is 0 Å². The Kier molecular flexibility index (Phi) is 4.79. The van der Waals surface area contributed by atoms with Gasteiger partial charge in [-0.2, -0.15) is 0 Å². The molecule has 26 heavy (non-hydrogen) atoms. The summed E-state index contributed by atoms with van der Waals surface area (Å²) in [5, 5.41) is 8.95. The lowest BCUT2D eigenvalue weighted by molar-refractivity contribution is 0.200. The highest BCUT2D eigenvalue weighted by atomic mass is 15.3. The van der Waals surface area contributed by atoms with Crippen molar-refractivity contribution < 1.29 is 0 Å². The van der Waals surface area contributed by atoms with E-state index in [1.807, 2.05) is 37.8 Å². The smallest absolute Gasteiger partial charge is 0.152 e. The zero-order chi connectivity index (χ0) is 17.9. The van der Waals surface area contributed by atoms with Crippen molar-refractivity contribution in [1.82, 2.24) is 34.2 Å². The lowest BCUT2D eigenvalue weighted by atomic mass is 9.95. The number of imidazole rings is 1. The molecule has 0 unspecified atom stereocenters. The fourth-order valence-corrected chi connectivity index (χ4v) is 3.69. The third-order valence-electron chi connectivity index (χ3n) is 5.32. The quantitative estimate of drug-likeness (QED) is 0.705. The molecule has 0 spiro atoms. The molecule has 0 bridgehead atoms. The summed E-state index contributed by atoms with van der Waals surface area (Å²) in [6, 6.07) is 4.15. The van der Waals surface area contributed by atoms with Crippen molar-refractivity contribution in [2.24, 2.45) is 7.05 Å². The first kappa shape index (κ1) is 16.9. The molecule has 1 saturated heterocycles. The maximum atomic E-state index is 4.51. The van der Waals surface area contributed by atoms with Crippen molar-refractivity contribution in [2.45, 2.75) is 38.8 Å². The molecule has 1 aliphatic heterocycles. The van der Waals surface area contributed by atoms with E-state index in [4.69, 9.17) is 0 Å². The first-order chi connectivity index (χ1) is 12.7. The van der Waals surface area contributed by atoms with E-state index >= 15 is 0 Å². The molecule has 0 aliphatic carbocycles. The van der Waals surface area contributed by atoms with Crippen LogP contribution in [0.15, 0.2) is 36.9 Å². The van der Waals surface area contributed by atoms with Crippen molar-refractivity contribution in [3.8, 4) is 0 Å². The fraction of sp³-hybridized carbons (Fsp3) is 0.474. The largest absolute Gasteiger partial charge is 0.328 e. The van der Waals surface area contributed by atoms with Crippen LogP contribution in [-0.2, 0) is 20.1 Å². The van der Waals surface area contributed by atoms with E-state index in [0.29, 0.717) is 5.92 Å². The molecule has 4 heterocycles. The monoisotopic (exact) mass is 351 g/mol. The molecule has 0 N–H and O–H groups in total. The Balaban J connectivity index is 1.38. The van der Waals surface area contributed by atoms with Crippen LogP contribution >= 0.6 is 0 Å². The molecule has 0 atom stereocenters. The second-order valence-electron chi connectivity index (χ2n) is 7.05. The van der Waals surface area contributed by atoms with Crippen molar-refractivity contribution in [3.05, 3.63) is 60.0 Å². The van der Waals surface area contributed by atoms with Gasteiger partial charge < -0.3 is 9.13 Å². The van der Waals surface area contributed by atoms with Gasteiger partial charge in [0.1, 0.15) is 11.6 Å². The summed E-state index contributed by atoms with van der Waals surface area (Å²) < 4.78 is 4.27. The Hall–Kier alpha value is -2.54. The number of aryl methyl sites for hydroxylation is 1. The van der Waals surface area contributed by atoms with Crippen LogP contribution in [-0.4, -0.2) is 47.3 Å². The molecule has 136 valence electrons. The normalized spacial score (nSPS) is 16.2. The molecular formula is C19H25N7. The van der Waals surface area contributed by atoms with Crippen molar-refractivity contribution in [1.29, 1.82) is 0 Å². The molecule has 1 aliphatic rings. The second-order valence-corrected chi connectivity index (χ2v) is 7.05. The minimum absolute atomic E-state index is 0.482. The van der Waals surface area contributed by atoms with Gasteiger partial charge in [0.05, 0.1) is 6.54 Å². The third kappa shape index (κ3) is 3.53. The van der Waals surface area contributed by atoms with E-state index in [1.54, 1.807) is 0 Å². The van der Waals surface area contributed by atoms with Gasteiger partial charge in [0, 0.05) is 44.3 Å². The number of piperidine rings is 1. The van der Waals surface area contributed by atoms with Gasteiger partial charge >= 0.3 is 0 Å². The summed E-state index contributed by atoms with van der Waals surface area (Å²) in [7, 11) is 2.08. The zero-order valence-corrected chi connectivity index (χ0v) is 15.4. The molecule has 3 aromatic rings. The second kappa shape index (κ2) is 7.37. The van der Waals surface area contributed by atoms with E-state index < -0.39 is 0 Å². The molecule has 7 heteroatoms. The van der Waals surface area contributed by atoms with E-state index in [-0.39, 0.29) is 0 Å². The van der Waals surface area contributed by atoms with Crippen LogP contribution < -0.4 is 0 Å². The third-order valence-corrected chi connectivity index (χ3v) is 5.32. The molecule has 1 fully saturated rings. The summed E-state index contributed by atoms with van der Waals surface area (Å²) >= 11 is 0. The molecule has 4 rings (SSSR count). The summed E-state index contributed by atoms with van der Waals surface area (Å²) in [5.74, 6) is 3.58. The number of pyridine rings is 1. The number of hydrogen-bond acceptors (Lipinski definition) is 5. The van der Waals surface area contributed by atoms with E-state index in [0.717, 1.165) is 56.5 Å². The highest BCUT2D eigenvalue weighted by Crippen LogP contribution is 2.27. The average molecular weight is 351 g/mol. The van der Waals surface area contributed by atoms with Crippen LogP contribution in [0.5, 0.6) is 0 Å². The highest BCUT2D eigenvalue weighted by Gasteiger charge is 2.25. The Labute approximate surface area is 153 Å². The van der Waals surface area contributed by atoms with Crippen LogP contribution in [0.25, 0.3) is 0 Å². The SMILES string of the molecule is Cc1nccn1Cc1nnc(C2CCN(Cc3cccnc3)CC2)n1C. The van der Waals surface area contributed by atoms with Gasteiger partial charge in [-0.25, -0.2) is 4.98 Å². The number of rotatable bonds is 5. The van der Waals surface area contributed by atoms with E-state index in [9.17, 15) is 0 Å². The van der Waals surface area contributed by atoms with Gasteiger partial charge in [-0.3, -0.25) is 9.88 Å². The van der Waals surface area contributed by atoms with Gasteiger partial charge in [-0.15, -0.1) is 10.2 Å². The molecule has 3 aromatic heterocycles. The van der Waals surface area contributed by atoms with Gasteiger partial charge in [-0.05, 0) is 44.5 Å². The molecular weight excluding hydrogens is 326 g/mol. The molecule has 0 aromatic carbocycles. The van der Waals surface area contributed by atoms with Gasteiger partial charge in [-0.1, -0.05) is 6.07 Å². The summed E-state index contributed by atoms with van der Waals surface area (Å²) in [6.07, 6.45) is 9.84. The lowest BCUT2D eigenvalue weighted by Gasteiger charge is -2.31. The number of likely N-dealkylation sites (tertiary alicyclic amines) is 1. The Morgan fingerprint density at radius 2 is 1.96 bits per heavy atom. The van der Waals surface area contributed by atoms with E-state index in [1.165, 1.54) is 5.56 Å². The average Bonchev–Trinajstić information content (AvgIpc) is 3.23. The van der Waals surface area contributed by atoms with Crippen LogP contribution in [0, 0.1) is 6.92 Å². The zero-order valence-electron chi connectivity index (χ0n) is 15.4. The van der Waals surface area contributed by atoms with Gasteiger partial charge in [0.15, 0.2) is 5.82 Å². The maximum Gasteiger partial charge on any atom is 0.152 e. The van der Waals surface area contributed by atoms with E-state index in [2.05, 4.69) is 47.3 Å². The van der Waals surface area contributed by atoms with Gasteiger partial charge in [0.25, 0.3) is 0 Å². The number of nitrogens with zero attached hydrogens (tertiary/aromatic N) is 7. The van der Waals surface area contributed by atoms with Crippen LogP contribution in [0.1, 0.15) is 41.8 Å². The Bertz CT molecular complexity index is 844. The summed E-state index contributed by atoms with van der Waals surface area (Å²) in [4.78, 5) is 11.0. The Morgan fingerprint density at radius 1 is 1.12 bits per heavy atom. The predicted octanol–water partition coefficient (Wildman–Crippen LogP) is 2.14. The molecule has 0 saturated carbocycles. The number of hydrogen-bond donors (Lipinski definition) is 0. The number of aromatic nitrogens is 6. The minimum atomic E-state index is 0.482. The molecule has 0 amide bonds. The summed E-state index contributed by atoms with van der Waals surface area (Å²) in [6.45, 7) is 5.87. The first-order valence-corrected chi connectivity index (χ1v) is 9.18. The molecule has 0 radical (unpaired) electrons. The fourth-order valence-electron chi connectivity index (χ4n) is 3.69. The van der Waals surface area contributed by atoms with Crippen molar-refractivity contribution >= 4 is 0 Å². The van der Waals surface area contributed by atoms with Crippen LogP contribution in [0.3, 0.4) is 0 Å². The highest BCUT2D eigenvalue weighted by molar-refractivity contribution is 5.09. The minimum Gasteiger partial charge on any atom is -0.328 e. The van der Waals surface area contributed by atoms with Crippen molar-refractivity contribution in [3.63, 3.8) is 0 Å². The maximum absolute atomic E-state index is 4.51. The van der Waals surface area contributed by atoms with Crippen molar-refractivity contribution in [2.75, 3.05) is 13.1 Å². The lowest BCUT2D eigenvalue weighted by Crippen LogP contribution is -2.33. The van der Waals surface area contributed by atoms with Crippen LogP contribution in [0.4, 0.5) is 0 Å². The van der Waals surface area contributed by atoms with Gasteiger partial charge in [0.2, 0.25) is 0 Å². The first-order valence-electron chi connectivity index (χ1n) is 9.18. The molecule has 7 nitrogen and oxygen atoms in total. The predicted molar refractivity (Wildman–Crippen MR) is 98.6 cm³/mol. The Morgan fingerprint density at radius 3 is 2.65 bits per heavy atom. The topological polar surface area (TPSA) is 64.7 Å². The summed E-state index contributed by atoms with van der Waals surface area (Å²) in [5.41, 5.74) is 1.28. The standard InChI is InChI=1S/C19H25N7/c1-15-21-8-11-26(15)14-18-22-23-19(24(18)2)17-5-9-25(10-6-17)13-16-4-3-7-20-12-16/h3-4,7-8,11-12,17H,5-6,9-10,13-14H2,1-2H3.